The van der Waals surface area contributed by atoms with E-state index >= 15 is 0 Å². The van der Waals surface area contributed by atoms with E-state index in [1.165, 1.54) is 0 Å². The Morgan fingerprint density at radius 1 is 1.09 bits per heavy atom. The molecule has 32 heavy (non-hydrogen) atoms. The van der Waals surface area contributed by atoms with Crippen LogP contribution in [0.15, 0.2) is 61.2 Å². The van der Waals surface area contributed by atoms with E-state index in [0.717, 1.165) is 11.3 Å². The van der Waals surface area contributed by atoms with Crippen molar-refractivity contribution in [3.63, 3.8) is 0 Å². The van der Waals surface area contributed by atoms with Gasteiger partial charge in [0.2, 0.25) is 18.6 Å². The second kappa shape index (κ2) is 10.0. The van der Waals surface area contributed by atoms with E-state index in [-0.39, 0.29) is 24.5 Å². The molecule has 0 unspecified atom stereocenters. The van der Waals surface area contributed by atoms with Gasteiger partial charge in [-0.1, -0.05) is 24.8 Å². The Labute approximate surface area is 187 Å². The van der Waals surface area contributed by atoms with Crippen molar-refractivity contribution >= 4 is 23.6 Å². The van der Waals surface area contributed by atoms with Crippen LogP contribution in [0.4, 0.5) is 5.69 Å². The minimum atomic E-state index is -0.128. The van der Waals surface area contributed by atoms with Crippen LogP contribution < -0.4 is 19.5 Å². The Balaban J connectivity index is 1.24. The molecule has 2 heterocycles. The van der Waals surface area contributed by atoms with Gasteiger partial charge >= 0.3 is 0 Å². The van der Waals surface area contributed by atoms with Crippen LogP contribution in [0.1, 0.15) is 18.4 Å². The molecule has 0 saturated carbocycles. The number of nitrogens with one attached hydrogen (secondary N) is 1. The van der Waals surface area contributed by atoms with E-state index in [9.17, 15) is 9.59 Å². The summed E-state index contributed by atoms with van der Waals surface area (Å²) in [6.45, 7) is 5.38. The minimum Gasteiger partial charge on any atom is -0.490 e. The van der Waals surface area contributed by atoms with E-state index in [4.69, 9.17) is 14.2 Å². The van der Waals surface area contributed by atoms with Gasteiger partial charge in [0.15, 0.2) is 11.5 Å². The van der Waals surface area contributed by atoms with Gasteiger partial charge in [-0.3, -0.25) is 9.59 Å². The number of nitrogens with zero attached hydrogens (tertiary/aromatic N) is 1. The lowest BCUT2D eigenvalue weighted by atomic mass is 9.95. The number of piperidine rings is 1. The molecule has 2 aromatic carbocycles. The topological polar surface area (TPSA) is 77.1 Å². The molecule has 0 aromatic heterocycles. The highest BCUT2D eigenvalue weighted by atomic mass is 16.7. The summed E-state index contributed by atoms with van der Waals surface area (Å²) in [6, 6.07) is 12.9. The first-order valence-electron chi connectivity index (χ1n) is 10.6. The molecule has 1 N–H and O–H groups in total. The van der Waals surface area contributed by atoms with Crippen LogP contribution in [0.2, 0.25) is 0 Å². The minimum absolute atomic E-state index is 0.0368. The molecular formula is C25H26N2O5. The first-order valence-corrected chi connectivity index (χ1v) is 10.6. The number of carbonyl (C=O) groups excluding carboxylic acids is 2. The molecule has 2 aliphatic rings. The third-order valence-corrected chi connectivity index (χ3v) is 5.48. The zero-order chi connectivity index (χ0) is 22.3. The number of benzene rings is 2. The fourth-order valence-electron chi connectivity index (χ4n) is 3.68. The highest BCUT2D eigenvalue weighted by Gasteiger charge is 2.27. The van der Waals surface area contributed by atoms with Crippen molar-refractivity contribution in [2.75, 3.05) is 31.8 Å². The number of rotatable bonds is 7. The summed E-state index contributed by atoms with van der Waals surface area (Å²) in [6.07, 6.45) is 6.32. The van der Waals surface area contributed by atoms with Gasteiger partial charge in [-0.15, -0.1) is 0 Å². The van der Waals surface area contributed by atoms with E-state index in [0.29, 0.717) is 49.7 Å². The molecule has 1 saturated heterocycles. The monoisotopic (exact) mass is 434 g/mol. The third kappa shape index (κ3) is 5.29. The number of ether oxygens (including phenoxy) is 3. The highest BCUT2D eigenvalue weighted by Crippen LogP contribution is 2.34. The molecular weight excluding hydrogens is 408 g/mol. The molecule has 0 aliphatic carbocycles. The molecule has 4 rings (SSSR count). The highest BCUT2D eigenvalue weighted by molar-refractivity contribution is 5.94. The number of hydrogen-bond acceptors (Lipinski definition) is 5. The molecule has 2 aliphatic heterocycles. The van der Waals surface area contributed by atoms with E-state index in [1.807, 2.05) is 24.3 Å². The van der Waals surface area contributed by atoms with Crippen LogP contribution in [-0.4, -0.2) is 43.2 Å². The molecule has 1 fully saturated rings. The van der Waals surface area contributed by atoms with Crippen molar-refractivity contribution in [3.05, 3.63) is 66.8 Å². The van der Waals surface area contributed by atoms with Gasteiger partial charge in [0.25, 0.3) is 0 Å². The van der Waals surface area contributed by atoms with Crippen molar-refractivity contribution in [1.29, 1.82) is 0 Å². The zero-order valence-corrected chi connectivity index (χ0v) is 17.8. The smallest absolute Gasteiger partial charge is 0.246 e. The first-order chi connectivity index (χ1) is 15.6. The number of hydrogen-bond donors (Lipinski definition) is 1. The fraction of sp³-hybridized carbons (Fsp3) is 0.280. The van der Waals surface area contributed by atoms with Gasteiger partial charge in [-0.05, 0) is 48.7 Å². The fourth-order valence-corrected chi connectivity index (χ4v) is 3.68. The Kier molecular flexibility index (Phi) is 6.75. The van der Waals surface area contributed by atoms with E-state index in [2.05, 4.69) is 11.9 Å². The maximum atomic E-state index is 12.6. The van der Waals surface area contributed by atoms with Gasteiger partial charge < -0.3 is 24.4 Å². The van der Waals surface area contributed by atoms with Crippen LogP contribution in [0.5, 0.6) is 17.2 Å². The maximum Gasteiger partial charge on any atom is 0.246 e. The zero-order valence-electron chi connectivity index (χ0n) is 17.8. The molecule has 0 spiro atoms. The summed E-state index contributed by atoms with van der Waals surface area (Å²) >= 11 is 0. The number of anilines is 1. The van der Waals surface area contributed by atoms with Crippen molar-refractivity contribution < 1.29 is 23.8 Å². The second-order valence-corrected chi connectivity index (χ2v) is 7.66. The Bertz CT molecular complexity index is 1010. The number of carbonyl (C=O) groups is 2. The molecule has 0 atom stereocenters. The summed E-state index contributed by atoms with van der Waals surface area (Å²) in [7, 11) is 0. The number of amides is 2. The van der Waals surface area contributed by atoms with Crippen LogP contribution in [0.25, 0.3) is 6.08 Å². The van der Waals surface area contributed by atoms with E-state index < -0.39 is 0 Å². The molecule has 0 bridgehead atoms. The predicted molar refractivity (Wildman–Crippen MR) is 122 cm³/mol. The third-order valence-electron chi connectivity index (χ3n) is 5.48. The van der Waals surface area contributed by atoms with Crippen LogP contribution in [-0.2, 0) is 9.59 Å². The normalized spacial score (nSPS) is 15.6. The van der Waals surface area contributed by atoms with Gasteiger partial charge in [0.05, 0.1) is 0 Å². The largest absolute Gasteiger partial charge is 0.490 e. The first kappa shape index (κ1) is 21.5. The van der Waals surface area contributed by atoms with Crippen LogP contribution in [0, 0.1) is 5.92 Å². The molecule has 7 heteroatoms. The molecule has 2 aromatic rings. The Hall–Kier alpha value is -3.74. The lowest BCUT2D eigenvalue weighted by molar-refractivity contribution is -0.130. The summed E-state index contributed by atoms with van der Waals surface area (Å²) in [5.74, 6) is 1.86. The summed E-state index contributed by atoms with van der Waals surface area (Å²) in [5.41, 5.74) is 1.60. The molecule has 7 nitrogen and oxygen atoms in total. The van der Waals surface area contributed by atoms with Gasteiger partial charge in [-0.2, -0.15) is 0 Å². The van der Waals surface area contributed by atoms with Gasteiger partial charge in [-0.25, -0.2) is 0 Å². The average Bonchev–Trinajstić information content (AvgIpc) is 3.30. The van der Waals surface area contributed by atoms with Crippen molar-refractivity contribution in [2.45, 2.75) is 12.8 Å². The SMILES string of the molecule is C=CCOc1ccc(C=CC(=O)N2CCC(C(=O)Nc3ccc4c(c3)OCO4)CC2)cc1. The van der Waals surface area contributed by atoms with Crippen molar-refractivity contribution in [2.24, 2.45) is 5.92 Å². The second-order valence-electron chi connectivity index (χ2n) is 7.66. The molecule has 0 radical (unpaired) electrons. The molecule has 166 valence electrons. The van der Waals surface area contributed by atoms with Gasteiger partial charge in [0.1, 0.15) is 12.4 Å². The van der Waals surface area contributed by atoms with Crippen LogP contribution >= 0.6 is 0 Å². The molecule has 2 amide bonds. The van der Waals surface area contributed by atoms with E-state index in [1.54, 1.807) is 41.3 Å². The Morgan fingerprint density at radius 2 is 1.84 bits per heavy atom. The number of likely N-dealkylation sites (tertiary alicyclic amines) is 1. The Morgan fingerprint density at radius 3 is 2.59 bits per heavy atom. The van der Waals surface area contributed by atoms with Crippen LogP contribution in [0.3, 0.4) is 0 Å². The van der Waals surface area contributed by atoms with Gasteiger partial charge in [0, 0.05) is 36.8 Å². The summed E-state index contributed by atoms with van der Waals surface area (Å²) in [4.78, 5) is 26.9. The number of fused-ring (bicyclic) bond motifs is 1. The lowest BCUT2D eigenvalue weighted by Crippen LogP contribution is -2.40. The van der Waals surface area contributed by atoms with Crippen molar-refractivity contribution in [1.82, 2.24) is 4.90 Å². The maximum absolute atomic E-state index is 12.6. The van der Waals surface area contributed by atoms with Crippen molar-refractivity contribution in [3.8, 4) is 17.2 Å². The average molecular weight is 434 g/mol. The quantitative estimate of drug-likeness (QED) is 0.529. The lowest BCUT2D eigenvalue weighted by Gasteiger charge is -2.30. The summed E-state index contributed by atoms with van der Waals surface area (Å²) < 4.78 is 16.1. The standard InChI is InChI=1S/C25H26N2O5/c1-2-15-30-21-7-3-18(4-8-21)5-10-24(28)27-13-11-19(12-14-27)25(29)26-20-6-9-22-23(16-20)32-17-31-22/h2-10,16,19H,1,11-15,17H2,(H,26,29). The predicted octanol–water partition coefficient (Wildman–Crippen LogP) is 3.87. The summed E-state index contributed by atoms with van der Waals surface area (Å²) in [5, 5.41) is 2.94.